The highest BCUT2D eigenvalue weighted by Crippen LogP contribution is 2.18. The molecule has 1 amide bonds. The number of amides is 1. The lowest BCUT2D eigenvalue weighted by Crippen LogP contribution is -2.34. The first kappa shape index (κ1) is 15.8. The van der Waals surface area contributed by atoms with Gasteiger partial charge in [-0.15, -0.1) is 0 Å². The Morgan fingerprint density at radius 2 is 2.00 bits per heavy atom. The fraction of sp³-hybridized carbons (Fsp3) is 0.500. The van der Waals surface area contributed by atoms with Crippen LogP contribution in [0.3, 0.4) is 0 Å². The molecule has 0 aliphatic carbocycles. The maximum absolute atomic E-state index is 11.9. The van der Waals surface area contributed by atoms with Gasteiger partial charge in [0, 0.05) is 25.2 Å². The van der Waals surface area contributed by atoms with Gasteiger partial charge in [0.2, 0.25) is 0 Å². The van der Waals surface area contributed by atoms with E-state index in [9.17, 15) is 4.79 Å². The normalized spacial score (nSPS) is 11.3. The van der Waals surface area contributed by atoms with Crippen LogP contribution in [0.5, 0.6) is 0 Å². The zero-order valence-corrected chi connectivity index (χ0v) is 12.6. The number of nitrogens with two attached hydrogens (primary N) is 1. The molecule has 1 aromatic rings. The molecule has 0 aromatic heterocycles. The van der Waals surface area contributed by atoms with Gasteiger partial charge in [-0.25, -0.2) is 4.79 Å². The summed E-state index contributed by atoms with van der Waals surface area (Å²) >= 11 is 5.92. The third-order valence-corrected chi connectivity index (χ3v) is 2.74. The molecule has 4 nitrogen and oxygen atoms in total. The fourth-order valence-electron chi connectivity index (χ4n) is 1.60. The number of ether oxygens (including phenoxy) is 1. The molecule has 0 unspecified atom stereocenters. The van der Waals surface area contributed by atoms with Crippen LogP contribution in [0.2, 0.25) is 5.02 Å². The first-order valence-electron chi connectivity index (χ1n) is 6.14. The number of halogens is 1. The maximum atomic E-state index is 11.9. The number of rotatable bonds is 3. The molecule has 5 heteroatoms. The van der Waals surface area contributed by atoms with Gasteiger partial charge in [-0.1, -0.05) is 17.7 Å². The van der Waals surface area contributed by atoms with Crippen LogP contribution < -0.4 is 5.73 Å². The molecule has 0 spiro atoms. The minimum absolute atomic E-state index is 0.356. The lowest BCUT2D eigenvalue weighted by molar-refractivity contribution is 0.0285. The quantitative estimate of drug-likeness (QED) is 0.927. The van der Waals surface area contributed by atoms with Gasteiger partial charge in [-0.05, 0) is 44.0 Å². The smallest absolute Gasteiger partial charge is 0.410 e. The van der Waals surface area contributed by atoms with E-state index in [4.69, 9.17) is 22.1 Å². The van der Waals surface area contributed by atoms with Crippen molar-refractivity contribution in [2.45, 2.75) is 39.5 Å². The number of hydrogen-bond acceptors (Lipinski definition) is 3. The van der Waals surface area contributed by atoms with Gasteiger partial charge >= 0.3 is 6.09 Å². The average Bonchev–Trinajstić information content (AvgIpc) is 2.29. The van der Waals surface area contributed by atoms with E-state index in [1.807, 2.05) is 32.9 Å². The molecule has 19 heavy (non-hydrogen) atoms. The minimum Gasteiger partial charge on any atom is -0.444 e. The van der Waals surface area contributed by atoms with Crippen LogP contribution in [-0.4, -0.2) is 23.6 Å². The van der Waals surface area contributed by atoms with Gasteiger partial charge in [0.1, 0.15) is 5.60 Å². The number of hydrogen-bond donors (Lipinski definition) is 1. The minimum atomic E-state index is -0.498. The van der Waals surface area contributed by atoms with E-state index in [1.54, 1.807) is 13.1 Å². The standard InChI is InChI=1S/C14H21ClN2O2/c1-14(2,3)19-13(18)17(4)9-10-5-6-12(15)7-11(10)8-16/h5-7H,8-9,16H2,1-4H3. The van der Waals surface area contributed by atoms with Gasteiger partial charge in [0.25, 0.3) is 0 Å². The van der Waals surface area contributed by atoms with E-state index >= 15 is 0 Å². The Bertz CT molecular complexity index is 455. The molecule has 106 valence electrons. The van der Waals surface area contributed by atoms with Crippen LogP contribution in [0.25, 0.3) is 0 Å². The van der Waals surface area contributed by atoms with Gasteiger partial charge in [0.15, 0.2) is 0 Å². The van der Waals surface area contributed by atoms with Crippen LogP contribution in [0.15, 0.2) is 18.2 Å². The van der Waals surface area contributed by atoms with Crippen molar-refractivity contribution in [1.29, 1.82) is 0 Å². The van der Waals surface area contributed by atoms with Crippen molar-refractivity contribution in [3.63, 3.8) is 0 Å². The average molecular weight is 285 g/mol. The summed E-state index contributed by atoms with van der Waals surface area (Å²) in [5.74, 6) is 0. The molecule has 0 bridgehead atoms. The predicted molar refractivity (Wildman–Crippen MR) is 77.0 cm³/mol. The summed E-state index contributed by atoms with van der Waals surface area (Å²) in [5, 5.41) is 0.643. The van der Waals surface area contributed by atoms with Crippen molar-refractivity contribution in [2.24, 2.45) is 5.73 Å². The zero-order chi connectivity index (χ0) is 14.6. The Labute approximate surface area is 119 Å². The Balaban J connectivity index is 2.76. The Hall–Kier alpha value is -1.26. The van der Waals surface area contributed by atoms with E-state index in [0.717, 1.165) is 11.1 Å². The van der Waals surface area contributed by atoms with E-state index in [1.165, 1.54) is 4.90 Å². The predicted octanol–water partition coefficient (Wildman–Crippen LogP) is 3.17. The lowest BCUT2D eigenvalue weighted by atomic mass is 10.1. The molecule has 0 fully saturated rings. The largest absolute Gasteiger partial charge is 0.444 e. The van der Waals surface area contributed by atoms with Crippen molar-refractivity contribution in [1.82, 2.24) is 4.90 Å². The second-order valence-electron chi connectivity index (χ2n) is 5.45. The van der Waals surface area contributed by atoms with E-state index in [2.05, 4.69) is 0 Å². The molecule has 0 saturated carbocycles. The van der Waals surface area contributed by atoms with E-state index < -0.39 is 5.60 Å². The molecule has 0 radical (unpaired) electrons. The summed E-state index contributed by atoms with van der Waals surface area (Å²) in [4.78, 5) is 13.4. The highest BCUT2D eigenvalue weighted by atomic mass is 35.5. The van der Waals surface area contributed by atoms with Crippen LogP contribution in [0.1, 0.15) is 31.9 Å². The highest BCUT2D eigenvalue weighted by Gasteiger charge is 2.20. The number of carbonyl (C=O) groups is 1. The summed E-state index contributed by atoms with van der Waals surface area (Å²) < 4.78 is 5.30. The van der Waals surface area contributed by atoms with Crippen molar-refractivity contribution in [2.75, 3.05) is 7.05 Å². The topological polar surface area (TPSA) is 55.6 Å². The zero-order valence-electron chi connectivity index (χ0n) is 11.9. The van der Waals surface area contributed by atoms with Crippen LogP contribution in [-0.2, 0) is 17.8 Å². The SMILES string of the molecule is CN(Cc1ccc(Cl)cc1CN)C(=O)OC(C)(C)C. The molecule has 1 aromatic carbocycles. The lowest BCUT2D eigenvalue weighted by Gasteiger charge is -2.25. The molecular formula is C14H21ClN2O2. The van der Waals surface area contributed by atoms with Crippen molar-refractivity contribution < 1.29 is 9.53 Å². The van der Waals surface area contributed by atoms with Gasteiger partial charge in [-0.2, -0.15) is 0 Å². The molecule has 0 saturated heterocycles. The van der Waals surface area contributed by atoms with Gasteiger partial charge < -0.3 is 15.4 Å². The van der Waals surface area contributed by atoms with Crippen molar-refractivity contribution >= 4 is 17.7 Å². The monoisotopic (exact) mass is 284 g/mol. The van der Waals surface area contributed by atoms with Crippen LogP contribution in [0, 0.1) is 0 Å². The van der Waals surface area contributed by atoms with Gasteiger partial charge in [0.05, 0.1) is 0 Å². The van der Waals surface area contributed by atoms with Crippen LogP contribution in [0.4, 0.5) is 4.79 Å². The third kappa shape index (κ3) is 5.09. The molecule has 0 aliphatic rings. The molecule has 0 heterocycles. The summed E-state index contributed by atoms with van der Waals surface area (Å²) in [5.41, 5.74) is 7.09. The van der Waals surface area contributed by atoms with Crippen molar-refractivity contribution in [3.05, 3.63) is 34.3 Å². The maximum Gasteiger partial charge on any atom is 0.410 e. The van der Waals surface area contributed by atoms with E-state index in [0.29, 0.717) is 18.1 Å². The first-order valence-corrected chi connectivity index (χ1v) is 6.52. The number of nitrogens with zero attached hydrogens (tertiary/aromatic N) is 1. The highest BCUT2D eigenvalue weighted by molar-refractivity contribution is 6.30. The number of carbonyl (C=O) groups excluding carboxylic acids is 1. The second-order valence-corrected chi connectivity index (χ2v) is 5.89. The second kappa shape index (κ2) is 6.26. The fourth-order valence-corrected chi connectivity index (χ4v) is 1.79. The van der Waals surface area contributed by atoms with E-state index in [-0.39, 0.29) is 6.09 Å². The Kier molecular flexibility index (Phi) is 5.20. The third-order valence-electron chi connectivity index (χ3n) is 2.50. The Morgan fingerprint density at radius 1 is 1.37 bits per heavy atom. The summed E-state index contributed by atoms with van der Waals surface area (Å²) in [6, 6.07) is 5.49. The molecular weight excluding hydrogens is 264 g/mol. The summed E-state index contributed by atoms with van der Waals surface area (Å²) in [6.45, 7) is 6.35. The summed E-state index contributed by atoms with van der Waals surface area (Å²) in [6.07, 6.45) is -0.356. The van der Waals surface area contributed by atoms with Crippen LogP contribution >= 0.6 is 11.6 Å². The molecule has 1 rings (SSSR count). The molecule has 0 aliphatic heterocycles. The first-order chi connectivity index (χ1) is 8.73. The Morgan fingerprint density at radius 3 is 2.53 bits per heavy atom. The molecule has 2 N–H and O–H groups in total. The van der Waals surface area contributed by atoms with Gasteiger partial charge in [-0.3, -0.25) is 0 Å². The summed E-state index contributed by atoms with van der Waals surface area (Å²) in [7, 11) is 1.70. The molecule has 0 atom stereocenters. The van der Waals surface area contributed by atoms with Crippen molar-refractivity contribution in [3.8, 4) is 0 Å². The number of benzene rings is 1.